The minimum Gasteiger partial charge on any atom is -0.495 e. The van der Waals surface area contributed by atoms with Crippen molar-refractivity contribution in [2.45, 2.75) is 25.4 Å². The number of thioether (sulfide) groups is 1. The molecule has 1 fully saturated rings. The smallest absolute Gasteiger partial charge is 0.233 e. The topological polar surface area (TPSA) is 60.2 Å². The molecule has 1 aromatic carbocycles. The second-order valence-electron chi connectivity index (χ2n) is 6.69. The Kier molecular flexibility index (Phi) is 5.63. The number of hydrogen-bond donors (Lipinski definition) is 0. The van der Waals surface area contributed by atoms with Gasteiger partial charge in [-0.3, -0.25) is 9.36 Å². The van der Waals surface area contributed by atoms with Gasteiger partial charge in [0.05, 0.1) is 18.6 Å². The standard InChI is InChI=1S/C18H24N4O2S/c1-13-8-14(2)10-21(9-13)17(23)11-25-18-20-19-12-22(18)15-6-4-5-7-16(15)24-3/h4-7,12-14H,8-11H2,1-3H3/t13-,14-/m1/s1. The van der Waals surface area contributed by atoms with Crippen LogP contribution < -0.4 is 4.74 Å². The van der Waals surface area contributed by atoms with Gasteiger partial charge in [-0.15, -0.1) is 10.2 Å². The van der Waals surface area contributed by atoms with Gasteiger partial charge in [0.15, 0.2) is 5.16 Å². The van der Waals surface area contributed by atoms with Gasteiger partial charge in [0.2, 0.25) is 5.91 Å². The third kappa shape index (κ3) is 4.15. The number of methoxy groups -OCH3 is 1. The molecule has 6 nitrogen and oxygen atoms in total. The first-order chi connectivity index (χ1) is 12.1. The fourth-order valence-corrected chi connectivity index (χ4v) is 4.23. The molecule has 1 saturated heterocycles. The summed E-state index contributed by atoms with van der Waals surface area (Å²) < 4.78 is 7.27. The maximum atomic E-state index is 12.6. The lowest BCUT2D eigenvalue weighted by molar-refractivity contribution is -0.130. The molecule has 1 aliphatic rings. The normalized spacial score (nSPS) is 20.5. The van der Waals surface area contributed by atoms with E-state index < -0.39 is 0 Å². The minimum absolute atomic E-state index is 0.165. The average molecular weight is 360 g/mol. The zero-order chi connectivity index (χ0) is 17.8. The molecule has 2 aromatic rings. The number of hydrogen-bond acceptors (Lipinski definition) is 5. The van der Waals surface area contributed by atoms with Gasteiger partial charge in [-0.2, -0.15) is 0 Å². The Morgan fingerprint density at radius 3 is 2.72 bits per heavy atom. The monoisotopic (exact) mass is 360 g/mol. The number of carbonyl (C=O) groups is 1. The highest BCUT2D eigenvalue weighted by Gasteiger charge is 2.25. The quantitative estimate of drug-likeness (QED) is 0.768. The van der Waals surface area contributed by atoms with Crippen LogP contribution >= 0.6 is 11.8 Å². The van der Waals surface area contributed by atoms with Crippen molar-refractivity contribution in [3.63, 3.8) is 0 Å². The lowest BCUT2D eigenvalue weighted by Crippen LogP contribution is -2.43. The van der Waals surface area contributed by atoms with E-state index in [9.17, 15) is 4.79 Å². The lowest BCUT2D eigenvalue weighted by atomic mass is 9.92. The molecule has 0 bridgehead atoms. The van der Waals surface area contributed by atoms with Gasteiger partial charge in [0, 0.05) is 13.1 Å². The van der Waals surface area contributed by atoms with Gasteiger partial charge in [0.25, 0.3) is 0 Å². The molecule has 1 aliphatic heterocycles. The number of aromatic nitrogens is 3. The highest BCUT2D eigenvalue weighted by atomic mass is 32.2. The largest absolute Gasteiger partial charge is 0.495 e. The van der Waals surface area contributed by atoms with Gasteiger partial charge < -0.3 is 9.64 Å². The third-order valence-corrected chi connectivity index (χ3v) is 5.34. The Labute approximate surface area is 152 Å². The summed E-state index contributed by atoms with van der Waals surface area (Å²) in [7, 11) is 1.64. The van der Waals surface area contributed by atoms with Crippen LogP contribution in [0.2, 0.25) is 0 Å². The molecular weight excluding hydrogens is 336 g/mol. The fraction of sp³-hybridized carbons (Fsp3) is 0.500. The minimum atomic E-state index is 0.165. The molecule has 0 spiro atoms. The summed E-state index contributed by atoms with van der Waals surface area (Å²) >= 11 is 1.41. The lowest BCUT2D eigenvalue weighted by Gasteiger charge is -2.34. The summed E-state index contributed by atoms with van der Waals surface area (Å²) in [4.78, 5) is 14.6. The molecule has 7 heteroatoms. The van der Waals surface area contributed by atoms with E-state index >= 15 is 0 Å². The SMILES string of the molecule is COc1ccccc1-n1cnnc1SCC(=O)N1C[C@H](C)C[C@@H](C)C1. The van der Waals surface area contributed by atoms with Gasteiger partial charge in [-0.05, 0) is 30.4 Å². The van der Waals surface area contributed by atoms with E-state index in [1.54, 1.807) is 13.4 Å². The van der Waals surface area contributed by atoms with Crippen molar-refractivity contribution in [3.05, 3.63) is 30.6 Å². The molecule has 1 amide bonds. The highest BCUT2D eigenvalue weighted by molar-refractivity contribution is 7.99. The molecule has 0 N–H and O–H groups in total. The Morgan fingerprint density at radius 2 is 2.00 bits per heavy atom. The first kappa shape index (κ1) is 17.8. The number of amides is 1. The van der Waals surface area contributed by atoms with E-state index in [2.05, 4.69) is 24.0 Å². The molecule has 134 valence electrons. The second kappa shape index (κ2) is 7.91. The first-order valence-electron chi connectivity index (χ1n) is 8.52. The molecule has 3 rings (SSSR count). The van der Waals surface area contributed by atoms with Gasteiger partial charge in [-0.25, -0.2) is 0 Å². The van der Waals surface area contributed by atoms with Crippen molar-refractivity contribution < 1.29 is 9.53 Å². The van der Waals surface area contributed by atoms with Crippen molar-refractivity contribution in [1.29, 1.82) is 0 Å². The van der Waals surface area contributed by atoms with Crippen LogP contribution in [0, 0.1) is 11.8 Å². The number of para-hydroxylation sites is 2. The number of nitrogens with zero attached hydrogens (tertiary/aromatic N) is 4. The molecule has 0 radical (unpaired) electrons. The van der Waals surface area contributed by atoms with Crippen LogP contribution in [-0.4, -0.2) is 51.5 Å². The molecule has 2 atom stereocenters. The van der Waals surface area contributed by atoms with Crippen molar-refractivity contribution in [3.8, 4) is 11.4 Å². The molecule has 1 aromatic heterocycles. The predicted octanol–water partition coefficient (Wildman–Crippen LogP) is 2.87. The summed E-state index contributed by atoms with van der Waals surface area (Å²) in [5.74, 6) is 2.41. The van der Waals surface area contributed by atoms with Crippen LogP contribution in [0.4, 0.5) is 0 Å². The van der Waals surface area contributed by atoms with Crippen molar-refractivity contribution in [2.75, 3.05) is 26.0 Å². The molecule has 0 aliphatic carbocycles. The van der Waals surface area contributed by atoms with Crippen LogP contribution in [0.25, 0.3) is 5.69 Å². The van der Waals surface area contributed by atoms with Gasteiger partial charge >= 0.3 is 0 Å². The van der Waals surface area contributed by atoms with E-state index in [-0.39, 0.29) is 5.91 Å². The van der Waals surface area contributed by atoms with E-state index in [0.29, 0.717) is 22.7 Å². The molecule has 0 saturated carbocycles. The number of piperidine rings is 1. The van der Waals surface area contributed by atoms with Crippen molar-refractivity contribution in [2.24, 2.45) is 11.8 Å². The summed E-state index contributed by atoms with van der Waals surface area (Å²) in [5, 5.41) is 8.86. The summed E-state index contributed by atoms with van der Waals surface area (Å²) in [6, 6.07) is 7.70. The number of carbonyl (C=O) groups excluding carboxylic acids is 1. The Hall–Kier alpha value is -2.02. The maximum absolute atomic E-state index is 12.6. The first-order valence-corrected chi connectivity index (χ1v) is 9.51. The molecular formula is C18H24N4O2S. The van der Waals surface area contributed by atoms with E-state index in [1.165, 1.54) is 18.2 Å². The Bertz CT molecular complexity index is 723. The average Bonchev–Trinajstić information content (AvgIpc) is 3.07. The summed E-state index contributed by atoms with van der Waals surface area (Å²) in [6.07, 6.45) is 2.84. The van der Waals surface area contributed by atoms with Crippen molar-refractivity contribution in [1.82, 2.24) is 19.7 Å². The van der Waals surface area contributed by atoms with Crippen LogP contribution in [0.1, 0.15) is 20.3 Å². The number of likely N-dealkylation sites (tertiary alicyclic amines) is 1. The summed E-state index contributed by atoms with van der Waals surface area (Å²) in [5.41, 5.74) is 0.866. The van der Waals surface area contributed by atoms with Crippen LogP contribution in [-0.2, 0) is 4.79 Å². The van der Waals surface area contributed by atoms with Crippen LogP contribution in [0.3, 0.4) is 0 Å². The van der Waals surface area contributed by atoms with Gasteiger partial charge in [0.1, 0.15) is 12.1 Å². The van der Waals surface area contributed by atoms with E-state index in [1.807, 2.05) is 33.7 Å². The van der Waals surface area contributed by atoms with Crippen molar-refractivity contribution >= 4 is 17.7 Å². The Morgan fingerprint density at radius 1 is 1.28 bits per heavy atom. The molecule has 2 heterocycles. The number of rotatable bonds is 5. The fourth-order valence-electron chi connectivity index (χ4n) is 3.40. The summed E-state index contributed by atoms with van der Waals surface area (Å²) in [6.45, 7) is 6.12. The van der Waals surface area contributed by atoms with Gasteiger partial charge in [-0.1, -0.05) is 37.7 Å². The highest BCUT2D eigenvalue weighted by Crippen LogP contribution is 2.27. The maximum Gasteiger partial charge on any atom is 0.233 e. The zero-order valence-electron chi connectivity index (χ0n) is 14.9. The Balaban J connectivity index is 1.69. The van der Waals surface area contributed by atoms with Crippen LogP contribution in [0.5, 0.6) is 5.75 Å². The molecule has 0 unspecified atom stereocenters. The zero-order valence-corrected chi connectivity index (χ0v) is 15.7. The van der Waals surface area contributed by atoms with Crippen LogP contribution in [0.15, 0.2) is 35.7 Å². The number of ether oxygens (including phenoxy) is 1. The predicted molar refractivity (Wildman–Crippen MR) is 98.2 cm³/mol. The third-order valence-electron chi connectivity index (χ3n) is 4.41. The second-order valence-corrected chi connectivity index (χ2v) is 7.63. The van der Waals surface area contributed by atoms with E-state index in [0.717, 1.165) is 24.5 Å². The molecule has 25 heavy (non-hydrogen) atoms. The van der Waals surface area contributed by atoms with E-state index in [4.69, 9.17) is 4.74 Å². The number of benzene rings is 1.